The fourth-order valence-electron chi connectivity index (χ4n) is 3.24. The molecule has 0 fully saturated rings. The quantitative estimate of drug-likeness (QED) is 0.294. The molecule has 0 spiro atoms. The molecule has 0 heterocycles. The molecule has 1 heteroatoms. The Labute approximate surface area is 135 Å². The number of unbranched alkanes of at least 4 members (excludes halogenated alkanes) is 11. The molecule has 1 N–H and O–H groups in total. The molecule has 0 aromatic heterocycles. The molecule has 1 nitrogen and oxygen atoms in total. The normalized spacial score (nSPS) is 12.7. The largest absolute Gasteiger partial charge is 0.319 e. The summed E-state index contributed by atoms with van der Waals surface area (Å²) in [5.74, 6) is 0.927. The third kappa shape index (κ3) is 16.2. The van der Waals surface area contributed by atoms with Crippen LogP contribution in [-0.4, -0.2) is 13.6 Å². The van der Waals surface area contributed by atoms with Gasteiger partial charge in [-0.05, 0) is 32.4 Å². The van der Waals surface area contributed by atoms with Crippen LogP contribution < -0.4 is 5.32 Å². The lowest BCUT2D eigenvalue weighted by Crippen LogP contribution is -2.18. The first-order valence-electron chi connectivity index (χ1n) is 9.99. The van der Waals surface area contributed by atoms with E-state index >= 15 is 0 Å². The van der Waals surface area contributed by atoms with Crippen LogP contribution >= 0.6 is 0 Å². The number of nitrogens with one attached hydrogen (secondary N) is 1. The summed E-state index contributed by atoms with van der Waals surface area (Å²) in [6.07, 6.45) is 21.6. The molecule has 0 bridgehead atoms. The molecular formula is C20H43N. The van der Waals surface area contributed by atoms with Crippen molar-refractivity contribution in [2.45, 2.75) is 110 Å². The summed E-state index contributed by atoms with van der Waals surface area (Å²) in [7, 11) is 2.11. The maximum absolute atomic E-state index is 3.39. The zero-order chi connectivity index (χ0) is 15.6. The van der Waals surface area contributed by atoms with Gasteiger partial charge >= 0.3 is 0 Å². The van der Waals surface area contributed by atoms with E-state index in [2.05, 4.69) is 26.2 Å². The Bertz CT molecular complexity index is 179. The molecule has 0 aliphatic rings. The second kappa shape index (κ2) is 18.0. The lowest BCUT2D eigenvalue weighted by atomic mass is 9.94. The van der Waals surface area contributed by atoms with Crippen molar-refractivity contribution >= 4 is 0 Å². The van der Waals surface area contributed by atoms with Crippen LogP contribution in [-0.2, 0) is 0 Å². The average Bonchev–Trinajstić information content (AvgIpc) is 2.49. The Morgan fingerprint density at radius 1 is 0.571 bits per heavy atom. The minimum Gasteiger partial charge on any atom is -0.319 e. The topological polar surface area (TPSA) is 12.0 Å². The van der Waals surface area contributed by atoms with Crippen LogP contribution in [0.5, 0.6) is 0 Å². The van der Waals surface area contributed by atoms with E-state index in [-0.39, 0.29) is 0 Å². The van der Waals surface area contributed by atoms with Gasteiger partial charge in [0.25, 0.3) is 0 Å². The maximum atomic E-state index is 3.39. The third-order valence-corrected chi connectivity index (χ3v) is 4.67. The van der Waals surface area contributed by atoms with Crippen LogP contribution in [0.25, 0.3) is 0 Å². The molecule has 1 atom stereocenters. The first kappa shape index (κ1) is 21.0. The summed E-state index contributed by atoms with van der Waals surface area (Å²) in [4.78, 5) is 0. The molecule has 1 unspecified atom stereocenters. The molecule has 0 saturated heterocycles. The Morgan fingerprint density at radius 3 is 1.38 bits per heavy atom. The number of hydrogen-bond acceptors (Lipinski definition) is 1. The smallest absolute Gasteiger partial charge is 0.00235 e. The highest BCUT2D eigenvalue weighted by atomic mass is 14.8. The Morgan fingerprint density at radius 2 is 0.952 bits per heavy atom. The van der Waals surface area contributed by atoms with Gasteiger partial charge in [0.1, 0.15) is 0 Å². The number of hydrogen-bond donors (Lipinski definition) is 1. The Kier molecular flexibility index (Phi) is 18.0. The fourth-order valence-corrected chi connectivity index (χ4v) is 3.24. The first-order valence-corrected chi connectivity index (χ1v) is 9.99. The summed E-state index contributed by atoms with van der Waals surface area (Å²) < 4.78 is 0. The van der Waals surface area contributed by atoms with Crippen LogP contribution in [0.15, 0.2) is 0 Å². The van der Waals surface area contributed by atoms with Crippen molar-refractivity contribution < 1.29 is 0 Å². The van der Waals surface area contributed by atoms with Gasteiger partial charge in [-0.2, -0.15) is 0 Å². The first-order chi connectivity index (χ1) is 10.3. The molecule has 0 aliphatic carbocycles. The third-order valence-electron chi connectivity index (χ3n) is 4.67. The molecule has 0 aromatic carbocycles. The standard InChI is InChI=1S/C20H43N/c1-4-6-8-10-11-12-13-14-16-18-20(19-21-3)17-15-9-7-5-2/h20-21H,4-19H2,1-3H3. The van der Waals surface area contributed by atoms with Crippen molar-refractivity contribution in [1.29, 1.82) is 0 Å². The van der Waals surface area contributed by atoms with Crippen LogP contribution in [0.4, 0.5) is 0 Å². The van der Waals surface area contributed by atoms with Crippen molar-refractivity contribution in [2.75, 3.05) is 13.6 Å². The summed E-state index contributed by atoms with van der Waals surface area (Å²) in [5, 5.41) is 3.39. The van der Waals surface area contributed by atoms with Crippen LogP contribution in [0.1, 0.15) is 110 Å². The maximum Gasteiger partial charge on any atom is -0.00235 e. The summed E-state index contributed by atoms with van der Waals surface area (Å²) in [6, 6.07) is 0. The zero-order valence-electron chi connectivity index (χ0n) is 15.4. The zero-order valence-corrected chi connectivity index (χ0v) is 15.4. The molecule has 0 aliphatic heterocycles. The van der Waals surface area contributed by atoms with Gasteiger partial charge in [0, 0.05) is 0 Å². The molecule has 0 rings (SSSR count). The van der Waals surface area contributed by atoms with Crippen LogP contribution in [0.3, 0.4) is 0 Å². The van der Waals surface area contributed by atoms with Crippen molar-refractivity contribution in [3.05, 3.63) is 0 Å². The van der Waals surface area contributed by atoms with Crippen molar-refractivity contribution in [3.8, 4) is 0 Å². The van der Waals surface area contributed by atoms with Gasteiger partial charge in [-0.3, -0.25) is 0 Å². The second-order valence-corrected chi connectivity index (χ2v) is 6.89. The number of rotatable bonds is 17. The van der Waals surface area contributed by atoms with E-state index in [0.29, 0.717) is 0 Å². The van der Waals surface area contributed by atoms with Crippen molar-refractivity contribution in [2.24, 2.45) is 5.92 Å². The highest BCUT2D eigenvalue weighted by molar-refractivity contribution is 4.62. The van der Waals surface area contributed by atoms with E-state index < -0.39 is 0 Å². The van der Waals surface area contributed by atoms with Gasteiger partial charge < -0.3 is 5.32 Å². The van der Waals surface area contributed by atoms with Gasteiger partial charge in [0.2, 0.25) is 0 Å². The van der Waals surface area contributed by atoms with E-state index in [4.69, 9.17) is 0 Å². The SMILES string of the molecule is CCCCCCCCCCCC(CCCCCC)CNC. The monoisotopic (exact) mass is 297 g/mol. The van der Waals surface area contributed by atoms with E-state index in [0.717, 1.165) is 5.92 Å². The highest BCUT2D eigenvalue weighted by Gasteiger charge is 2.07. The van der Waals surface area contributed by atoms with Gasteiger partial charge in [0.05, 0.1) is 0 Å². The molecule has 0 saturated carbocycles. The molecular weight excluding hydrogens is 254 g/mol. The lowest BCUT2D eigenvalue weighted by Gasteiger charge is -2.16. The predicted molar refractivity (Wildman–Crippen MR) is 98.0 cm³/mol. The molecule has 0 amide bonds. The fraction of sp³-hybridized carbons (Fsp3) is 1.00. The van der Waals surface area contributed by atoms with Crippen molar-refractivity contribution in [3.63, 3.8) is 0 Å². The van der Waals surface area contributed by atoms with Crippen molar-refractivity contribution in [1.82, 2.24) is 5.32 Å². The van der Waals surface area contributed by atoms with E-state index in [1.54, 1.807) is 0 Å². The molecule has 21 heavy (non-hydrogen) atoms. The molecule has 128 valence electrons. The molecule has 0 aromatic rings. The Balaban J connectivity index is 3.38. The van der Waals surface area contributed by atoms with E-state index in [1.165, 1.54) is 103 Å². The van der Waals surface area contributed by atoms with Gasteiger partial charge in [-0.1, -0.05) is 97.3 Å². The lowest BCUT2D eigenvalue weighted by molar-refractivity contribution is 0.392. The average molecular weight is 298 g/mol. The van der Waals surface area contributed by atoms with E-state index in [9.17, 15) is 0 Å². The van der Waals surface area contributed by atoms with Crippen LogP contribution in [0, 0.1) is 5.92 Å². The second-order valence-electron chi connectivity index (χ2n) is 6.89. The summed E-state index contributed by atoms with van der Waals surface area (Å²) >= 11 is 0. The predicted octanol–water partition coefficient (Wildman–Crippen LogP) is 6.71. The van der Waals surface area contributed by atoms with E-state index in [1.807, 2.05) is 0 Å². The highest BCUT2D eigenvalue weighted by Crippen LogP contribution is 2.18. The minimum absolute atomic E-state index is 0.927. The summed E-state index contributed by atoms with van der Waals surface area (Å²) in [5.41, 5.74) is 0. The minimum atomic E-state index is 0.927. The summed E-state index contributed by atoms with van der Waals surface area (Å²) in [6.45, 7) is 5.82. The Hall–Kier alpha value is -0.0400. The van der Waals surface area contributed by atoms with Gasteiger partial charge in [-0.25, -0.2) is 0 Å². The van der Waals surface area contributed by atoms with Gasteiger partial charge in [-0.15, -0.1) is 0 Å². The van der Waals surface area contributed by atoms with Gasteiger partial charge in [0.15, 0.2) is 0 Å². The van der Waals surface area contributed by atoms with Crippen LogP contribution in [0.2, 0.25) is 0 Å². The molecule has 0 radical (unpaired) electrons.